The molecule has 1 aromatic carbocycles. The van der Waals surface area contributed by atoms with Crippen LogP contribution in [-0.4, -0.2) is 26.4 Å². The van der Waals surface area contributed by atoms with Crippen molar-refractivity contribution in [2.24, 2.45) is 0 Å². The fraction of sp³-hybridized carbons (Fsp3) is 0.312. The largest absolute Gasteiger partial charge is 0.473 e. The summed E-state index contributed by atoms with van der Waals surface area (Å²) in [5, 5.41) is 1.28. The number of methoxy groups -OCH3 is 1. The maximum atomic E-state index is 5.69. The molecule has 0 amide bonds. The second-order valence-corrected chi connectivity index (χ2v) is 10.1. The quantitative estimate of drug-likeness (QED) is 0.766. The molecule has 0 aliphatic heterocycles. The summed E-state index contributed by atoms with van der Waals surface area (Å²) in [7, 11) is 0.220. The molecule has 0 radical (unpaired) electrons. The summed E-state index contributed by atoms with van der Waals surface area (Å²) in [6.07, 6.45) is 2.73. The zero-order valence-corrected chi connectivity index (χ0v) is 13.3. The van der Waals surface area contributed by atoms with Crippen molar-refractivity contribution in [2.75, 3.05) is 13.3 Å². The van der Waals surface area contributed by atoms with E-state index in [0.29, 0.717) is 12.5 Å². The van der Waals surface area contributed by atoms with Gasteiger partial charge in [0.25, 0.3) is 0 Å². The lowest BCUT2D eigenvalue weighted by atomic mass is 10.2. The Kier molecular flexibility index (Phi) is 4.92. The highest BCUT2D eigenvalue weighted by atomic mass is 28.3. The van der Waals surface area contributed by atoms with Crippen LogP contribution in [0.1, 0.15) is 5.56 Å². The first-order valence-electron chi connectivity index (χ1n) is 6.74. The van der Waals surface area contributed by atoms with Crippen molar-refractivity contribution in [3.05, 3.63) is 54.2 Å². The minimum Gasteiger partial charge on any atom is -0.473 e. The van der Waals surface area contributed by atoms with E-state index in [9.17, 15) is 0 Å². The predicted molar refractivity (Wildman–Crippen MR) is 84.0 cm³/mol. The summed E-state index contributed by atoms with van der Waals surface area (Å²) >= 11 is 0. The summed E-state index contributed by atoms with van der Waals surface area (Å²) in [6.45, 7) is 5.10. The van der Waals surface area contributed by atoms with E-state index >= 15 is 0 Å². The molecule has 2 aromatic rings. The van der Waals surface area contributed by atoms with Crippen LogP contribution in [0, 0.1) is 0 Å². The number of benzene rings is 1. The first-order valence-corrected chi connectivity index (χ1v) is 9.95. The third-order valence-electron chi connectivity index (χ3n) is 3.25. The summed E-state index contributed by atoms with van der Waals surface area (Å²) in [5.41, 5.74) is 1.15. The highest BCUT2D eigenvalue weighted by Gasteiger charge is 2.23. The van der Waals surface area contributed by atoms with Gasteiger partial charge in [0.2, 0.25) is 5.88 Å². The minimum atomic E-state index is -1.53. The zero-order valence-electron chi connectivity index (χ0n) is 12.3. The van der Waals surface area contributed by atoms with Gasteiger partial charge in [0.1, 0.15) is 14.7 Å². The van der Waals surface area contributed by atoms with Crippen LogP contribution in [0.4, 0.5) is 0 Å². The molecular weight excluding hydrogens is 266 g/mol. The van der Waals surface area contributed by atoms with Crippen LogP contribution in [0.15, 0.2) is 48.7 Å². The van der Waals surface area contributed by atoms with Crippen LogP contribution in [0.25, 0.3) is 0 Å². The molecule has 106 valence electrons. The first kappa shape index (κ1) is 14.7. The van der Waals surface area contributed by atoms with Crippen LogP contribution in [0.3, 0.4) is 0 Å². The van der Waals surface area contributed by atoms with Crippen LogP contribution in [0.2, 0.25) is 13.1 Å². The number of hydrogen-bond acceptors (Lipinski definition) is 3. The Morgan fingerprint density at radius 3 is 2.40 bits per heavy atom. The van der Waals surface area contributed by atoms with Crippen molar-refractivity contribution in [1.82, 2.24) is 4.98 Å². The molecular formula is C16H21NO2Si. The fourth-order valence-corrected chi connectivity index (χ4v) is 3.88. The molecule has 0 spiro atoms. The third-order valence-corrected chi connectivity index (χ3v) is 6.12. The molecule has 0 atom stereocenters. The van der Waals surface area contributed by atoms with Gasteiger partial charge in [-0.3, -0.25) is 0 Å². The lowest BCUT2D eigenvalue weighted by molar-refractivity contribution is 0.247. The van der Waals surface area contributed by atoms with Crippen molar-refractivity contribution in [2.45, 2.75) is 19.7 Å². The van der Waals surface area contributed by atoms with Crippen LogP contribution >= 0.6 is 0 Å². The molecule has 3 nitrogen and oxygen atoms in total. The molecule has 20 heavy (non-hydrogen) atoms. The number of hydrogen-bond donors (Lipinski definition) is 0. The second kappa shape index (κ2) is 6.68. The monoisotopic (exact) mass is 287 g/mol. The summed E-state index contributed by atoms with van der Waals surface area (Å²) in [4.78, 5) is 4.40. The molecule has 1 aromatic heterocycles. The van der Waals surface area contributed by atoms with Crippen molar-refractivity contribution in [3.8, 4) is 5.88 Å². The van der Waals surface area contributed by atoms with Gasteiger partial charge < -0.3 is 9.47 Å². The number of rotatable bonds is 6. The van der Waals surface area contributed by atoms with E-state index in [1.54, 1.807) is 7.11 Å². The van der Waals surface area contributed by atoms with Gasteiger partial charge in [-0.15, -0.1) is 0 Å². The molecule has 0 fully saturated rings. The second-order valence-electron chi connectivity index (χ2n) is 5.48. The van der Waals surface area contributed by atoms with Crippen molar-refractivity contribution in [3.63, 3.8) is 0 Å². The van der Waals surface area contributed by atoms with Gasteiger partial charge in [0.15, 0.2) is 0 Å². The molecule has 2 rings (SSSR count). The smallest absolute Gasteiger partial charge is 0.213 e. The maximum absolute atomic E-state index is 5.69. The Bertz CT molecular complexity index is 526. The Morgan fingerprint density at radius 2 is 1.80 bits per heavy atom. The van der Waals surface area contributed by atoms with Gasteiger partial charge in [0.05, 0.1) is 0 Å². The van der Waals surface area contributed by atoms with E-state index in [1.165, 1.54) is 5.19 Å². The van der Waals surface area contributed by atoms with Gasteiger partial charge >= 0.3 is 0 Å². The van der Waals surface area contributed by atoms with E-state index in [0.717, 1.165) is 11.8 Å². The van der Waals surface area contributed by atoms with E-state index in [2.05, 4.69) is 24.1 Å². The number of nitrogens with zero attached hydrogens (tertiary/aromatic N) is 1. The van der Waals surface area contributed by atoms with E-state index in [1.807, 2.05) is 42.6 Å². The molecule has 4 heteroatoms. The van der Waals surface area contributed by atoms with Gasteiger partial charge in [-0.25, -0.2) is 4.98 Å². The highest BCUT2D eigenvalue weighted by molar-refractivity contribution is 6.89. The van der Waals surface area contributed by atoms with E-state index < -0.39 is 8.07 Å². The van der Waals surface area contributed by atoms with Crippen molar-refractivity contribution in [1.29, 1.82) is 0 Å². The normalized spacial score (nSPS) is 11.3. The molecule has 0 saturated carbocycles. The van der Waals surface area contributed by atoms with Gasteiger partial charge in [-0.2, -0.15) is 0 Å². The SMILES string of the molecule is COC[Si](C)(C)c1ccc(OCc2ccccc2)nc1. The Labute approximate surface area is 121 Å². The molecule has 0 bridgehead atoms. The summed E-state index contributed by atoms with van der Waals surface area (Å²) < 4.78 is 11.0. The van der Waals surface area contributed by atoms with Crippen molar-refractivity contribution < 1.29 is 9.47 Å². The fourth-order valence-electron chi connectivity index (χ4n) is 2.04. The average molecular weight is 287 g/mol. The topological polar surface area (TPSA) is 31.4 Å². The van der Waals surface area contributed by atoms with Crippen LogP contribution in [-0.2, 0) is 11.3 Å². The molecule has 0 saturated heterocycles. The van der Waals surface area contributed by atoms with Crippen LogP contribution < -0.4 is 9.92 Å². The standard InChI is InChI=1S/C16H21NO2Si/c1-18-13-20(2,3)15-9-10-16(17-11-15)19-12-14-7-5-4-6-8-14/h4-11H,12-13H2,1-3H3. The zero-order chi connectivity index (χ0) is 14.4. The van der Waals surface area contributed by atoms with E-state index in [4.69, 9.17) is 9.47 Å². The Morgan fingerprint density at radius 1 is 1.05 bits per heavy atom. The van der Waals surface area contributed by atoms with Gasteiger partial charge in [-0.05, 0) is 10.8 Å². The minimum absolute atomic E-state index is 0.548. The number of ether oxygens (including phenoxy) is 2. The molecule has 0 unspecified atom stereocenters. The molecule has 0 aliphatic rings. The van der Waals surface area contributed by atoms with Crippen LogP contribution in [0.5, 0.6) is 5.88 Å². The Hall–Kier alpha value is -1.65. The first-order chi connectivity index (χ1) is 9.62. The number of pyridine rings is 1. The lowest BCUT2D eigenvalue weighted by Crippen LogP contribution is -2.46. The molecule has 0 aliphatic carbocycles. The Balaban J connectivity index is 1.98. The number of aromatic nitrogens is 1. The summed E-state index contributed by atoms with van der Waals surface area (Å²) in [6, 6.07) is 14.2. The summed E-state index contributed by atoms with van der Waals surface area (Å²) in [5.74, 6) is 0.666. The van der Waals surface area contributed by atoms with Gasteiger partial charge in [0, 0.05) is 25.6 Å². The maximum Gasteiger partial charge on any atom is 0.213 e. The molecule has 1 heterocycles. The lowest BCUT2D eigenvalue weighted by Gasteiger charge is -2.21. The van der Waals surface area contributed by atoms with Crippen molar-refractivity contribution >= 4 is 13.3 Å². The van der Waals surface area contributed by atoms with E-state index in [-0.39, 0.29) is 0 Å². The van der Waals surface area contributed by atoms with Gasteiger partial charge in [-0.1, -0.05) is 49.5 Å². The third kappa shape index (κ3) is 3.92. The average Bonchev–Trinajstić information content (AvgIpc) is 2.47. The predicted octanol–water partition coefficient (Wildman–Crippen LogP) is 2.76. The molecule has 0 N–H and O–H groups in total. The highest BCUT2D eigenvalue weighted by Crippen LogP contribution is 2.10.